The van der Waals surface area contributed by atoms with Crippen molar-refractivity contribution in [2.75, 3.05) is 71.6 Å². The molecule has 2 fully saturated rings. The van der Waals surface area contributed by atoms with E-state index < -0.39 is 103 Å². The minimum Gasteiger partial charge on any atom is -0.508 e. The van der Waals surface area contributed by atoms with Crippen molar-refractivity contribution in [3.05, 3.63) is 77.6 Å². The fourth-order valence-electron chi connectivity index (χ4n) is 10.3. The number of urea groups is 1. The van der Waals surface area contributed by atoms with Crippen molar-refractivity contribution in [3.63, 3.8) is 0 Å². The van der Waals surface area contributed by atoms with Crippen LogP contribution in [0, 0.1) is 5.41 Å². The van der Waals surface area contributed by atoms with Gasteiger partial charge in [-0.05, 0) is 81.0 Å². The van der Waals surface area contributed by atoms with E-state index in [2.05, 4.69) is 68.8 Å². The average Bonchev–Trinajstić information content (AvgIpc) is 1.74. The first kappa shape index (κ1) is 72.4. The van der Waals surface area contributed by atoms with Crippen molar-refractivity contribution in [3.8, 4) is 5.75 Å². The Labute approximate surface area is 536 Å². The van der Waals surface area contributed by atoms with Gasteiger partial charge in [0.1, 0.15) is 48.6 Å². The second kappa shape index (κ2) is 38.9. The number of aromatic hydroxyl groups is 1. The number of aliphatic hydroxyl groups excluding tert-OH is 1. The zero-order valence-electron chi connectivity index (χ0n) is 51.3. The second-order valence-electron chi connectivity index (χ2n) is 22.3. The number of aliphatic hydroxyl groups is 1. The number of amides is 11. The van der Waals surface area contributed by atoms with E-state index in [0.29, 0.717) is 36.6 Å². The number of nitrogens with one attached hydrogen (secondary N) is 12. The van der Waals surface area contributed by atoms with E-state index in [1.165, 1.54) is 35.1 Å². The van der Waals surface area contributed by atoms with Crippen molar-refractivity contribution in [1.29, 1.82) is 5.41 Å². The van der Waals surface area contributed by atoms with Gasteiger partial charge in [0, 0.05) is 56.1 Å². The maximum absolute atomic E-state index is 14.8. The van der Waals surface area contributed by atoms with Crippen LogP contribution in [0.4, 0.5) is 4.79 Å². The quantitative estimate of drug-likeness (QED) is 0.0144. The smallest absolute Gasteiger partial charge is 0.315 e. The van der Waals surface area contributed by atoms with E-state index in [0.717, 1.165) is 30.6 Å². The summed E-state index contributed by atoms with van der Waals surface area (Å²) in [5.74, 6) is -6.51. The van der Waals surface area contributed by atoms with Gasteiger partial charge in [-0.15, -0.1) is 5.10 Å². The lowest BCUT2D eigenvalue weighted by molar-refractivity contribution is -0.135. The van der Waals surface area contributed by atoms with E-state index in [-0.39, 0.29) is 132 Å². The van der Waals surface area contributed by atoms with Crippen LogP contribution in [0.5, 0.6) is 5.75 Å². The zero-order valence-corrected chi connectivity index (χ0v) is 52.1. The van der Waals surface area contributed by atoms with Crippen LogP contribution >= 0.6 is 11.8 Å². The number of rotatable bonds is 28. The minimum atomic E-state index is -1.57. The number of guanidine groups is 1. The summed E-state index contributed by atoms with van der Waals surface area (Å²) in [4.78, 5) is 134. The van der Waals surface area contributed by atoms with Gasteiger partial charge in [-0.25, -0.2) is 4.79 Å². The molecular formula is C59H87N17O15S. The van der Waals surface area contributed by atoms with E-state index in [1.54, 1.807) is 18.2 Å². The Balaban J connectivity index is 1.12. The van der Waals surface area contributed by atoms with E-state index in [4.69, 9.17) is 31.1 Å². The topological polar surface area (TPSA) is 478 Å². The molecule has 0 radical (unpaired) electrons. The molecule has 11 amide bonds. The van der Waals surface area contributed by atoms with Crippen LogP contribution in [0.25, 0.3) is 0 Å². The first-order chi connectivity index (χ1) is 44.3. The Morgan fingerprint density at radius 1 is 0.696 bits per heavy atom. The van der Waals surface area contributed by atoms with Crippen molar-refractivity contribution in [2.24, 2.45) is 11.5 Å². The number of hydrogen-bond acceptors (Lipinski definition) is 19. The molecule has 0 spiro atoms. The third-order valence-corrected chi connectivity index (χ3v) is 16.7. The monoisotopic (exact) mass is 1310 g/mol. The summed E-state index contributed by atoms with van der Waals surface area (Å²) in [6.07, 6.45) is 4.99. The molecule has 3 aliphatic heterocycles. The van der Waals surface area contributed by atoms with Gasteiger partial charge in [-0.3, -0.25) is 53.2 Å². The summed E-state index contributed by atoms with van der Waals surface area (Å²) in [6, 6.07) is 6.58. The summed E-state index contributed by atoms with van der Waals surface area (Å²) in [5.41, 5.74) is 12.6. The number of nitrogens with two attached hydrogens (primary N) is 2. The van der Waals surface area contributed by atoms with Gasteiger partial charge in [0.2, 0.25) is 53.2 Å². The molecule has 0 saturated carbocycles. The predicted molar refractivity (Wildman–Crippen MR) is 334 cm³/mol. The third kappa shape index (κ3) is 25.9. The molecule has 32 nitrogen and oxygen atoms in total. The fourth-order valence-corrected chi connectivity index (χ4v) is 11.8. The van der Waals surface area contributed by atoms with Gasteiger partial charge in [-0.1, -0.05) is 54.1 Å². The highest BCUT2D eigenvalue weighted by Gasteiger charge is 2.42. The Bertz CT molecular complexity index is 2930. The van der Waals surface area contributed by atoms with E-state index >= 15 is 0 Å². The van der Waals surface area contributed by atoms with Crippen LogP contribution in [0.1, 0.15) is 81.0 Å². The van der Waals surface area contributed by atoms with Crippen LogP contribution in [-0.4, -0.2) is 216 Å². The number of phenolic OH excluding ortho intramolecular Hbond substituents is 1. The summed E-state index contributed by atoms with van der Waals surface area (Å²) in [5, 5.41) is 65.9. The second-order valence-corrected chi connectivity index (χ2v) is 23.6. The zero-order chi connectivity index (χ0) is 66.2. The largest absolute Gasteiger partial charge is 0.508 e. The minimum absolute atomic E-state index is 0.0239. The number of carbonyl (C=O) groups is 10. The molecule has 504 valence electrons. The van der Waals surface area contributed by atoms with Crippen LogP contribution in [0.2, 0.25) is 0 Å². The molecule has 3 aliphatic rings. The highest BCUT2D eigenvalue weighted by Crippen LogP contribution is 2.33. The van der Waals surface area contributed by atoms with Gasteiger partial charge in [0.05, 0.1) is 64.0 Å². The molecule has 1 unspecified atom stereocenters. The molecule has 2 bridgehead atoms. The summed E-state index contributed by atoms with van der Waals surface area (Å²) < 4.78 is 18.2. The molecule has 4 heterocycles. The maximum Gasteiger partial charge on any atom is 0.315 e. The molecular weight excluding hydrogens is 1220 g/mol. The van der Waals surface area contributed by atoms with Crippen molar-refractivity contribution in [1.82, 2.24) is 73.5 Å². The maximum atomic E-state index is 14.8. The standard InChI is InChI=1S/C59H87N17O15S/c60-52(82)40-11-6-7-23-76-32-38(74-75-76)30-44(66-50(81)34-91-28-27-90-26-25-89-24-22-63-48(79)14-5-4-13-47-51-46(35-92-47)72-59(88)73-51)56(86)71-43(29-37-15-18-39(78)19-16-37)55(85)70-42(20-17-36-9-2-1-3-10-36)54(84)69-41(12-8-21-64-58(61)62)53(83)65-31-49(80)67-45(33-77)57(87)68-40/h1-3,9-10,15-16,18-19,32,40-47,51,77-78H,4-8,11-14,17,20-31,33-35H2,(H2,60,82)(H,63,79)(H,65,83)(H,66,81)(H,67,80)(H,68,87)(H,69,84)(H,70,85)(H,71,86)(H4,61,62,64)(H2,72,73,88)/t40-,41?,42+,43+,44-,45+,46+,47+,51+/m0/s1. The van der Waals surface area contributed by atoms with Crippen molar-refractivity contribution in [2.45, 2.75) is 144 Å². The Hall–Kier alpha value is -8.66. The Kier molecular flexibility index (Phi) is 30.6. The van der Waals surface area contributed by atoms with Crippen molar-refractivity contribution < 1.29 is 72.4 Å². The van der Waals surface area contributed by atoms with Gasteiger partial charge in [0.15, 0.2) is 5.96 Å². The number of phenols is 1. The normalized spacial score (nSPS) is 22.9. The third-order valence-electron chi connectivity index (χ3n) is 15.1. The van der Waals surface area contributed by atoms with Crippen LogP contribution in [-0.2, 0) is 83.2 Å². The van der Waals surface area contributed by atoms with Crippen LogP contribution in [0.15, 0.2) is 60.8 Å². The molecule has 6 rings (SSSR count). The molecule has 2 saturated heterocycles. The SMILES string of the molecule is N=C(N)NCCCC1NC(=O)[C@@H](CCc2ccccc2)NC(=O)[C@@H](Cc2ccc(O)cc2)NC(=O)[C@@H](NC(=O)COCCOCCOCCNC(=O)CCCC[C@H]2SC[C@H]3NC(=O)N[C@H]32)Cc2cn(nn2)CCCC[C@@H](C(N)=O)NC(=O)[C@@H](CO)NC(=O)CNC1=O. The number of aryl methyl sites for hydroxylation is 2. The summed E-state index contributed by atoms with van der Waals surface area (Å²) in [6.45, 7) is -0.770. The van der Waals surface area contributed by atoms with E-state index in [9.17, 15) is 58.2 Å². The lowest BCUT2D eigenvalue weighted by Gasteiger charge is -2.27. The number of hydrogen-bond donors (Lipinski definition) is 16. The molecule has 33 heteroatoms. The molecule has 2 aromatic carbocycles. The number of benzene rings is 2. The van der Waals surface area contributed by atoms with Gasteiger partial charge in [-0.2, -0.15) is 11.8 Å². The molecule has 92 heavy (non-hydrogen) atoms. The lowest BCUT2D eigenvalue weighted by atomic mass is 10.0. The summed E-state index contributed by atoms with van der Waals surface area (Å²) >= 11 is 1.84. The Morgan fingerprint density at radius 3 is 2.12 bits per heavy atom. The number of fused-ring (bicyclic) bond motifs is 3. The van der Waals surface area contributed by atoms with Crippen LogP contribution < -0.4 is 70.0 Å². The number of unbranched alkanes of at least 4 members (excludes halogenated alkanes) is 1. The summed E-state index contributed by atoms with van der Waals surface area (Å²) in [7, 11) is 0. The molecule has 0 aliphatic carbocycles. The number of thioether (sulfide) groups is 1. The lowest BCUT2D eigenvalue weighted by Crippen LogP contribution is -2.59. The van der Waals surface area contributed by atoms with Crippen molar-refractivity contribution >= 4 is 76.9 Å². The Morgan fingerprint density at radius 2 is 1.39 bits per heavy atom. The van der Waals surface area contributed by atoms with E-state index in [1.807, 2.05) is 23.9 Å². The highest BCUT2D eigenvalue weighted by atomic mass is 32.2. The number of aromatic nitrogens is 3. The number of primary amides is 1. The first-order valence-corrected chi connectivity index (χ1v) is 31.8. The number of carbonyl (C=O) groups excluding carboxylic acids is 10. The molecule has 9 atom stereocenters. The van der Waals surface area contributed by atoms with Crippen LogP contribution in [0.3, 0.4) is 0 Å². The molecule has 3 aromatic rings. The molecule has 18 N–H and O–H groups in total. The van der Waals surface area contributed by atoms with Gasteiger partial charge in [0.25, 0.3) is 0 Å². The fraction of sp³-hybridized carbons (Fsp3) is 0.576. The van der Waals surface area contributed by atoms with Gasteiger partial charge < -0.3 is 94.4 Å². The number of nitrogens with zero attached hydrogens (tertiary/aromatic N) is 3. The number of ether oxygens (including phenoxy) is 3. The van der Waals surface area contributed by atoms with Gasteiger partial charge >= 0.3 is 6.03 Å². The first-order valence-electron chi connectivity index (χ1n) is 30.8. The predicted octanol–water partition coefficient (Wildman–Crippen LogP) is -3.76. The highest BCUT2D eigenvalue weighted by molar-refractivity contribution is 8.00. The average molecular weight is 1310 g/mol. The molecule has 1 aromatic heterocycles.